The van der Waals surface area contributed by atoms with Crippen LogP contribution in [0.4, 0.5) is 0 Å². The van der Waals surface area contributed by atoms with Gasteiger partial charge < -0.3 is 5.11 Å². The Labute approximate surface area is 126 Å². The number of hydrazone groups is 1. The van der Waals surface area contributed by atoms with Gasteiger partial charge in [-0.2, -0.15) is 5.10 Å². The van der Waals surface area contributed by atoms with Crippen LogP contribution in [0.1, 0.15) is 50.4 Å². The molecule has 1 fully saturated rings. The summed E-state index contributed by atoms with van der Waals surface area (Å²) in [5.41, 5.74) is 4.27. The maximum atomic E-state index is 12.1. The van der Waals surface area contributed by atoms with Crippen LogP contribution >= 0.6 is 0 Å². The van der Waals surface area contributed by atoms with Gasteiger partial charge in [0, 0.05) is 17.2 Å². The molecule has 114 valence electrons. The third-order valence-electron chi connectivity index (χ3n) is 4.19. The normalized spacial score (nSPS) is 24.3. The molecular formula is C17H24N2O2. The highest BCUT2D eigenvalue weighted by atomic mass is 16.3. The first-order valence-electron chi connectivity index (χ1n) is 7.63. The molecule has 4 heteroatoms. The van der Waals surface area contributed by atoms with Crippen molar-refractivity contribution in [3.8, 4) is 5.75 Å². The third-order valence-corrected chi connectivity index (χ3v) is 4.19. The number of carbonyl (C=O) groups excluding carboxylic acids is 1. The second-order valence-electron chi connectivity index (χ2n) is 6.33. The van der Waals surface area contributed by atoms with E-state index >= 15 is 0 Å². The van der Waals surface area contributed by atoms with Crippen LogP contribution in [0, 0.1) is 17.8 Å². The summed E-state index contributed by atoms with van der Waals surface area (Å²) in [6.07, 6.45) is 3.33. The molecule has 0 radical (unpaired) electrons. The van der Waals surface area contributed by atoms with E-state index in [0.717, 1.165) is 18.6 Å². The molecule has 0 heterocycles. The first-order valence-corrected chi connectivity index (χ1v) is 7.63. The first kappa shape index (κ1) is 15.5. The number of nitrogens with one attached hydrogen (secondary N) is 1. The van der Waals surface area contributed by atoms with Crippen molar-refractivity contribution in [1.82, 2.24) is 5.43 Å². The lowest BCUT2D eigenvalue weighted by atomic mass is 9.76. The second-order valence-corrected chi connectivity index (χ2v) is 6.33. The van der Waals surface area contributed by atoms with Gasteiger partial charge in [0.1, 0.15) is 5.75 Å². The Morgan fingerprint density at radius 2 is 1.95 bits per heavy atom. The summed E-state index contributed by atoms with van der Waals surface area (Å²) in [5.74, 6) is 1.55. The van der Waals surface area contributed by atoms with Crippen molar-refractivity contribution in [2.24, 2.45) is 22.9 Å². The number of carbonyl (C=O) groups is 1. The van der Waals surface area contributed by atoms with Crippen molar-refractivity contribution >= 4 is 11.6 Å². The zero-order valence-electron chi connectivity index (χ0n) is 13.0. The van der Waals surface area contributed by atoms with Gasteiger partial charge in [0.05, 0.1) is 0 Å². The van der Waals surface area contributed by atoms with E-state index < -0.39 is 0 Å². The first-order chi connectivity index (χ1) is 9.97. The molecule has 4 nitrogen and oxygen atoms in total. The Morgan fingerprint density at radius 3 is 2.57 bits per heavy atom. The Bertz CT molecular complexity index is 520. The minimum atomic E-state index is -0.233. The van der Waals surface area contributed by atoms with Gasteiger partial charge in [-0.25, -0.2) is 5.43 Å². The molecule has 2 N–H and O–H groups in total. The molecule has 2 rings (SSSR count). The van der Waals surface area contributed by atoms with Crippen LogP contribution in [-0.4, -0.2) is 16.7 Å². The van der Waals surface area contributed by atoms with Gasteiger partial charge in [0.2, 0.25) is 0 Å². The summed E-state index contributed by atoms with van der Waals surface area (Å²) in [4.78, 5) is 12.1. The lowest BCUT2D eigenvalue weighted by molar-refractivity contribution is 0.0954. The van der Waals surface area contributed by atoms with Gasteiger partial charge in [-0.15, -0.1) is 0 Å². The van der Waals surface area contributed by atoms with E-state index in [0.29, 0.717) is 23.3 Å². The lowest BCUT2D eigenvalue weighted by Gasteiger charge is -2.30. The van der Waals surface area contributed by atoms with Crippen LogP contribution in [0.3, 0.4) is 0 Å². The van der Waals surface area contributed by atoms with Gasteiger partial charge in [-0.05, 0) is 55.4 Å². The summed E-state index contributed by atoms with van der Waals surface area (Å²) in [7, 11) is 0. The molecule has 21 heavy (non-hydrogen) atoms. The van der Waals surface area contributed by atoms with Crippen LogP contribution in [0.25, 0.3) is 0 Å². The van der Waals surface area contributed by atoms with Gasteiger partial charge in [0.25, 0.3) is 5.91 Å². The molecule has 0 saturated heterocycles. The predicted molar refractivity (Wildman–Crippen MR) is 84.4 cm³/mol. The van der Waals surface area contributed by atoms with Crippen LogP contribution in [0.15, 0.2) is 29.4 Å². The van der Waals surface area contributed by atoms with E-state index in [4.69, 9.17) is 0 Å². The number of phenols is 1. The summed E-state index contributed by atoms with van der Waals surface area (Å²) >= 11 is 0. The summed E-state index contributed by atoms with van der Waals surface area (Å²) in [5, 5.41) is 13.6. The molecule has 0 bridgehead atoms. The second kappa shape index (κ2) is 6.74. The van der Waals surface area contributed by atoms with Crippen molar-refractivity contribution in [3.05, 3.63) is 29.8 Å². The van der Waals surface area contributed by atoms with Crippen LogP contribution in [0.2, 0.25) is 0 Å². The molecule has 0 spiro atoms. The number of hydrogen-bond donors (Lipinski definition) is 2. The third kappa shape index (κ3) is 4.06. The molecule has 1 aromatic rings. The standard InChI is InChI=1S/C17H24N2O2/c1-11(2)15-9-4-12(3)10-16(15)18-19-17(21)13-5-7-14(20)8-6-13/h5-8,11-12,15,20H,4,9-10H2,1-3H3,(H,19,21)/b18-16-/t12-,15-/m1/s1. The highest BCUT2D eigenvalue weighted by Gasteiger charge is 2.27. The lowest BCUT2D eigenvalue weighted by Crippen LogP contribution is -2.31. The number of amides is 1. The highest BCUT2D eigenvalue weighted by Crippen LogP contribution is 2.31. The summed E-state index contributed by atoms with van der Waals surface area (Å²) < 4.78 is 0. The monoisotopic (exact) mass is 288 g/mol. The summed E-state index contributed by atoms with van der Waals surface area (Å²) in [6, 6.07) is 6.19. The molecule has 1 amide bonds. The Morgan fingerprint density at radius 1 is 1.29 bits per heavy atom. The largest absolute Gasteiger partial charge is 0.508 e. The van der Waals surface area contributed by atoms with Gasteiger partial charge >= 0.3 is 0 Å². The molecule has 1 aliphatic rings. The van der Waals surface area contributed by atoms with E-state index in [9.17, 15) is 9.90 Å². The van der Waals surface area contributed by atoms with Crippen molar-refractivity contribution in [2.45, 2.75) is 40.0 Å². The fourth-order valence-corrected chi connectivity index (χ4v) is 2.89. The predicted octanol–water partition coefficient (Wildman–Crippen LogP) is 3.57. The molecule has 0 unspecified atom stereocenters. The Hall–Kier alpha value is -1.84. The fraction of sp³-hybridized carbons (Fsp3) is 0.529. The number of nitrogens with zero attached hydrogens (tertiary/aromatic N) is 1. The Kier molecular flexibility index (Phi) is 4.99. The molecule has 0 aliphatic heterocycles. The van der Waals surface area contributed by atoms with E-state index in [1.54, 1.807) is 12.1 Å². The van der Waals surface area contributed by atoms with E-state index in [2.05, 4.69) is 31.3 Å². The smallest absolute Gasteiger partial charge is 0.271 e. The average molecular weight is 288 g/mol. The molecule has 2 atom stereocenters. The number of benzene rings is 1. The molecule has 1 aliphatic carbocycles. The zero-order valence-corrected chi connectivity index (χ0v) is 13.0. The van der Waals surface area contributed by atoms with Crippen molar-refractivity contribution < 1.29 is 9.90 Å². The van der Waals surface area contributed by atoms with Crippen molar-refractivity contribution in [1.29, 1.82) is 0 Å². The number of phenolic OH excluding ortho intramolecular Hbond substituents is 1. The van der Waals surface area contributed by atoms with Gasteiger partial charge in [-0.1, -0.05) is 20.8 Å². The zero-order chi connectivity index (χ0) is 15.4. The van der Waals surface area contributed by atoms with E-state index in [1.165, 1.54) is 18.6 Å². The minimum absolute atomic E-state index is 0.152. The SMILES string of the molecule is CC(C)[C@H]1CC[C@@H](C)C/C1=N/NC(=O)c1ccc(O)cc1. The van der Waals surface area contributed by atoms with Gasteiger partial charge in [0.15, 0.2) is 0 Å². The molecule has 0 aromatic heterocycles. The maximum absolute atomic E-state index is 12.1. The highest BCUT2D eigenvalue weighted by molar-refractivity contribution is 5.96. The average Bonchev–Trinajstić information content (AvgIpc) is 2.45. The molecule has 1 saturated carbocycles. The Balaban J connectivity index is 2.06. The topological polar surface area (TPSA) is 61.7 Å². The van der Waals surface area contributed by atoms with Gasteiger partial charge in [-0.3, -0.25) is 4.79 Å². The number of hydrogen-bond acceptors (Lipinski definition) is 3. The minimum Gasteiger partial charge on any atom is -0.508 e. The molecule has 1 aromatic carbocycles. The quantitative estimate of drug-likeness (QED) is 0.835. The van der Waals surface area contributed by atoms with Crippen LogP contribution < -0.4 is 5.43 Å². The van der Waals surface area contributed by atoms with Crippen molar-refractivity contribution in [2.75, 3.05) is 0 Å². The van der Waals surface area contributed by atoms with E-state index in [1.807, 2.05) is 0 Å². The van der Waals surface area contributed by atoms with E-state index in [-0.39, 0.29) is 11.7 Å². The number of rotatable bonds is 3. The van der Waals surface area contributed by atoms with Crippen molar-refractivity contribution in [3.63, 3.8) is 0 Å². The molecular weight excluding hydrogens is 264 g/mol. The van der Waals surface area contributed by atoms with Crippen LogP contribution in [-0.2, 0) is 0 Å². The maximum Gasteiger partial charge on any atom is 0.271 e. The fourth-order valence-electron chi connectivity index (χ4n) is 2.89. The summed E-state index contributed by atoms with van der Waals surface area (Å²) in [6.45, 7) is 6.64. The number of aromatic hydroxyl groups is 1. The van der Waals surface area contributed by atoms with Crippen LogP contribution in [0.5, 0.6) is 5.75 Å².